The van der Waals surface area contributed by atoms with Crippen molar-refractivity contribution in [3.05, 3.63) is 51.5 Å². The second kappa shape index (κ2) is 6.40. The number of benzene rings is 1. The average Bonchev–Trinajstić information content (AvgIpc) is 2.81. The third kappa shape index (κ3) is 2.59. The lowest BCUT2D eigenvalue weighted by atomic mass is 10.0. The molecule has 0 aliphatic heterocycles. The zero-order valence-corrected chi connectivity index (χ0v) is 17.1. The van der Waals surface area contributed by atoms with Gasteiger partial charge in [-0.1, -0.05) is 52.5 Å². The Morgan fingerprint density at radius 1 is 1.04 bits per heavy atom. The number of carbonyl (C=O) groups excluding carboxylic acids is 1. The summed E-state index contributed by atoms with van der Waals surface area (Å²) in [6, 6.07) is 6.44. The minimum atomic E-state index is -1.71. The first-order valence-corrected chi connectivity index (χ1v) is 9.21. The number of ether oxygens (including phenoxy) is 2. The van der Waals surface area contributed by atoms with E-state index in [1.807, 2.05) is 0 Å². The summed E-state index contributed by atoms with van der Waals surface area (Å²) in [5, 5.41) is 0.0786. The molecular formula is C16H10Cl6O3. The average molecular weight is 463 g/mol. The predicted octanol–water partition coefficient (Wildman–Crippen LogP) is 5.62. The zero-order chi connectivity index (χ0) is 18.6. The van der Waals surface area contributed by atoms with Gasteiger partial charge in [0.2, 0.25) is 0 Å². The maximum Gasteiger partial charge on any atom is 0.338 e. The minimum Gasteiger partial charge on any atom is -0.497 e. The van der Waals surface area contributed by atoms with Crippen molar-refractivity contribution in [1.29, 1.82) is 0 Å². The summed E-state index contributed by atoms with van der Waals surface area (Å²) in [5.41, 5.74) is 0.710. The molecule has 0 fully saturated rings. The van der Waals surface area contributed by atoms with E-state index in [1.165, 1.54) is 13.2 Å². The third-order valence-corrected chi connectivity index (χ3v) is 8.30. The van der Waals surface area contributed by atoms with Crippen LogP contribution in [0.15, 0.2) is 46.0 Å². The maximum atomic E-state index is 12.2. The first-order chi connectivity index (χ1) is 11.6. The summed E-state index contributed by atoms with van der Waals surface area (Å²) in [5.74, 6) is 0.0629. The summed E-state index contributed by atoms with van der Waals surface area (Å²) in [6.45, 7) is -0.190. The van der Waals surface area contributed by atoms with Gasteiger partial charge in [-0.25, -0.2) is 4.79 Å². The van der Waals surface area contributed by atoms with Crippen molar-refractivity contribution in [3.8, 4) is 5.75 Å². The molecule has 0 heterocycles. The molecule has 0 saturated heterocycles. The summed E-state index contributed by atoms with van der Waals surface area (Å²) in [4.78, 5) is 9.16. The molecule has 1 aromatic rings. The SMILES string of the molecule is COc1ccc(C(=O)OCC2=CC3(Cl)C(Cl)=C(Cl)C2(Cl)C3(Cl)Cl)cc1. The summed E-state index contributed by atoms with van der Waals surface area (Å²) in [6.07, 6.45) is 1.48. The molecule has 134 valence electrons. The maximum absolute atomic E-state index is 12.2. The highest BCUT2D eigenvalue weighted by molar-refractivity contribution is 6.66. The number of methoxy groups -OCH3 is 1. The Labute approximate surface area is 174 Å². The Balaban J connectivity index is 1.79. The zero-order valence-electron chi connectivity index (χ0n) is 12.6. The lowest BCUT2D eigenvalue weighted by Gasteiger charge is -2.33. The molecule has 0 amide bonds. The molecule has 3 rings (SSSR count). The van der Waals surface area contributed by atoms with E-state index >= 15 is 0 Å². The van der Waals surface area contributed by atoms with E-state index < -0.39 is 20.1 Å². The first-order valence-electron chi connectivity index (χ1n) is 6.95. The molecule has 1 aromatic carbocycles. The molecule has 2 bridgehead atoms. The molecule has 2 atom stereocenters. The Morgan fingerprint density at radius 2 is 1.64 bits per heavy atom. The molecule has 0 spiro atoms. The molecule has 0 radical (unpaired) electrons. The number of rotatable bonds is 4. The molecule has 2 aliphatic rings. The number of alkyl halides is 4. The van der Waals surface area contributed by atoms with Gasteiger partial charge in [0.1, 0.15) is 22.1 Å². The fourth-order valence-corrected chi connectivity index (χ4v) is 5.31. The van der Waals surface area contributed by atoms with Gasteiger partial charge in [0, 0.05) is 0 Å². The van der Waals surface area contributed by atoms with Gasteiger partial charge in [-0.15, -0.1) is 23.2 Å². The van der Waals surface area contributed by atoms with E-state index in [0.29, 0.717) is 16.9 Å². The summed E-state index contributed by atoms with van der Waals surface area (Å²) >= 11 is 38.0. The first kappa shape index (κ1) is 19.5. The van der Waals surface area contributed by atoms with Gasteiger partial charge in [-0.05, 0) is 29.8 Å². The van der Waals surface area contributed by atoms with E-state index in [4.69, 9.17) is 79.1 Å². The molecule has 0 aromatic heterocycles. The fourth-order valence-electron chi connectivity index (χ4n) is 2.77. The third-order valence-electron chi connectivity index (χ3n) is 4.20. The van der Waals surface area contributed by atoms with Crippen molar-refractivity contribution in [2.24, 2.45) is 0 Å². The second-order valence-corrected chi connectivity index (χ2v) is 8.79. The Bertz CT molecular complexity index is 801. The predicted molar refractivity (Wildman–Crippen MR) is 102 cm³/mol. The van der Waals surface area contributed by atoms with Crippen molar-refractivity contribution >= 4 is 75.6 Å². The van der Waals surface area contributed by atoms with Crippen molar-refractivity contribution < 1.29 is 14.3 Å². The van der Waals surface area contributed by atoms with Crippen molar-refractivity contribution in [2.75, 3.05) is 13.7 Å². The van der Waals surface area contributed by atoms with Gasteiger partial charge < -0.3 is 9.47 Å². The number of hydrogen-bond acceptors (Lipinski definition) is 3. The van der Waals surface area contributed by atoms with E-state index in [9.17, 15) is 4.79 Å². The summed E-state index contributed by atoms with van der Waals surface area (Å²) < 4.78 is 8.62. The monoisotopic (exact) mass is 460 g/mol. The van der Waals surface area contributed by atoms with Crippen LogP contribution in [0.1, 0.15) is 10.4 Å². The molecule has 2 unspecified atom stereocenters. The standard InChI is InChI=1S/C16H10Cl6O3/c1-24-10-4-2-8(3-5-10)13(23)25-7-9-6-14(19)11(17)12(18)15(9,20)16(14,21)22/h2-6H,7H2,1H3. The fraction of sp³-hybridized carbons (Fsp3) is 0.312. The number of hydrogen-bond donors (Lipinski definition) is 0. The Morgan fingerprint density at radius 3 is 2.12 bits per heavy atom. The topological polar surface area (TPSA) is 35.5 Å². The van der Waals surface area contributed by atoms with Crippen LogP contribution in [0, 0.1) is 0 Å². The quantitative estimate of drug-likeness (QED) is 0.331. The van der Waals surface area contributed by atoms with Crippen LogP contribution >= 0.6 is 69.6 Å². The highest BCUT2D eigenvalue weighted by atomic mass is 35.5. The van der Waals surface area contributed by atoms with Crippen LogP contribution in [0.3, 0.4) is 0 Å². The van der Waals surface area contributed by atoms with Crippen molar-refractivity contribution in [3.63, 3.8) is 0 Å². The lowest BCUT2D eigenvalue weighted by Crippen LogP contribution is -2.45. The van der Waals surface area contributed by atoms with E-state index in [2.05, 4.69) is 0 Å². The van der Waals surface area contributed by atoms with Crippen LogP contribution < -0.4 is 4.74 Å². The molecule has 0 N–H and O–H groups in total. The number of carbonyl (C=O) groups is 1. The number of allylic oxidation sites excluding steroid dienone is 3. The smallest absolute Gasteiger partial charge is 0.338 e. The van der Waals surface area contributed by atoms with Crippen LogP contribution in [0.5, 0.6) is 5.75 Å². The molecule has 2 aliphatic carbocycles. The summed E-state index contributed by atoms with van der Waals surface area (Å²) in [7, 11) is 1.53. The number of esters is 1. The number of halogens is 6. The normalized spacial score (nSPS) is 29.6. The van der Waals surface area contributed by atoms with E-state index in [-0.39, 0.29) is 16.7 Å². The lowest BCUT2D eigenvalue weighted by molar-refractivity contribution is 0.0536. The highest BCUT2D eigenvalue weighted by Gasteiger charge is 2.75. The Hall–Kier alpha value is -0.290. The second-order valence-electron chi connectivity index (χ2n) is 5.55. The van der Waals surface area contributed by atoms with E-state index in [0.717, 1.165) is 0 Å². The van der Waals surface area contributed by atoms with Crippen molar-refractivity contribution in [1.82, 2.24) is 0 Å². The van der Waals surface area contributed by atoms with Gasteiger partial charge in [0.15, 0.2) is 4.33 Å². The molecule has 25 heavy (non-hydrogen) atoms. The van der Waals surface area contributed by atoms with Gasteiger partial charge in [-0.3, -0.25) is 0 Å². The highest BCUT2D eigenvalue weighted by Crippen LogP contribution is 2.71. The van der Waals surface area contributed by atoms with Crippen LogP contribution in [0.25, 0.3) is 0 Å². The molecule has 9 heteroatoms. The van der Waals surface area contributed by atoms with Crippen LogP contribution in [0.2, 0.25) is 0 Å². The van der Waals surface area contributed by atoms with Gasteiger partial charge in [0.05, 0.1) is 22.7 Å². The number of fused-ring (bicyclic) bond motifs is 2. The van der Waals surface area contributed by atoms with Gasteiger partial charge in [-0.2, -0.15) is 0 Å². The molecule has 3 nitrogen and oxygen atoms in total. The van der Waals surface area contributed by atoms with Gasteiger partial charge >= 0.3 is 5.97 Å². The van der Waals surface area contributed by atoms with Crippen molar-refractivity contribution in [2.45, 2.75) is 14.1 Å². The Kier molecular flexibility index (Phi) is 4.98. The van der Waals surface area contributed by atoms with Crippen LogP contribution in [0.4, 0.5) is 0 Å². The van der Waals surface area contributed by atoms with Crippen LogP contribution in [-0.4, -0.2) is 33.8 Å². The van der Waals surface area contributed by atoms with E-state index in [1.54, 1.807) is 24.3 Å². The largest absolute Gasteiger partial charge is 0.497 e. The minimum absolute atomic E-state index is 0.0221. The van der Waals surface area contributed by atoms with Crippen LogP contribution in [-0.2, 0) is 4.74 Å². The molecule has 0 saturated carbocycles. The molecular weight excluding hydrogens is 453 g/mol. The van der Waals surface area contributed by atoms with Gasteiger partial charge in [0.25, 0.3) is 0 Å².